The number of rotatable bonds is 7. The summed E-state index contributed by atoms with van der Waals surface area (Å²) in [6, 6.07) is 10.8. The Bertz CT molecular complexity index is 883. The van der Waals surface area contributed by atoms with Crippen molar-refractivity contribution in [1.29, 1.82) is 0 Å². The number of carbonyl (C=O) groups excluding carboxylic acids is 1. The molecule has 0 unspecified atom stereocenters. The quantitative estimate of drug-likeness (QED) is 0.784. The number of ether oxygens (including phenoxy) is 1. The van der Waals surface area contributed by atoms with E-state index >= 15 is 0 Å². The van der Waals surface area contributed by atoms with Gasteiger partial charge in [0, 0.05) is 0 Å². The number of halogens is 1. The number of sulfonamides is 1. The lowest BCUT2D eigenvalue weighted by molar-refractivity contribution is -0.122. The lowest BCUT2D eigenvalue weighted by Crippen LogP contribution is -2.48. The van der Waals surface area contributed by atoms with E-state index in [0.717, 1.165) is 28.3 Å². The lowest BCUT2D eigenvalue weighted by Gasteiger charge is -2.29. The number of methoxy groups -OCH3 is 1. The van der Waals surface area contributed by atoms with E-state index in [2.05, 4.69) is 5.32 Å². The van der Waals surface area contributed by atoms with Crippen LogP contribution in [0.1, 0.15) is 25.5 Å². The van der Waals surface area contributed by atoms with Crippen LogP contribution < -0.4 is 14.4 Å². The van der Waals surface area contributed by atoms with Crippen molar-refractivity contribution in [2.24, 2.45) is 0 Å². The molecule has 8 heteroatoms. The predicted octanol–water partition coefficient (Wildman–Crippen LogP) is 2.87. The molecule has 0 aromatic heterocycles. The van der Waals surface area contributed by atoms with Crippen LogP contribution in [0.5, 0.6) is 5.75 Å². The first-order chi connectivity index (χ1) is 12.6. The van der Waals surface area contributed by atoms with E-state index < -0.39 is 27.8 Å². The van der Waals surface area contributed by atoms with Gasteiger partial charge in [0.05, 0.1) is 25.1 Å². The highest BCUT2D eigenvalue weighted by Gasteiger charge is 2.29. The van der Waals surface area contributed by atoms with Gasteiger partial charge in [-0.05, 0) is 55.8 Å². The Hall–Kier alpha value is -2.61. The molecule has 0 fully saturated rings. The fourth-order valence-corrected chi connectivity index (χ4v) is 3.88. The second-order valence-electron chi connectivity index (χ2n) is 6.21. The Balaban J connectivity index is 2.20. The largest absolute Gasteiger partial charge is 0.497 e. The zero-order valence-corrected chi connectivity index (χ0v) is 16.5. The molecule has 2 aromatic rings. The van der Waals surface area contributed by atoms with Gasteiger partial charge in [0.15, 0.2) is 0 Å². The number of hydrogen-bond acceptors (Lipinski definition) is 4. The second-order valence-corrected chi connectivity index (χ2v) is 8.07. The number of nitrogens with one attached hydrogen (secondary N) is 1. The van der Waals surface area contributed by atoms with Crippen LogP contribution in [0, 0.1) is 5.82 Å². The molecule has 2 aromatic carbocycles. The maximum atomic E-state index is 13.2. The third-order valence-corrected chi connectivity index (χ3v) is 5.39. The minimum Gasteiger partial charge on any atom is -0.497 e. The van der Waals surface area contributed by atoms with Crippen molar-refractivity contribution >= 4 is 21.6 Å². The van der Waals surface area contributed by atoms with Crippen LogP contribution in [0.15, 0.2) is 48.5 Å². The number of carbonyl (C=O) groups is 1. The van der Waals surface area contributed by atoms with Gasteiger partial charge < -0.3 is 10.1 Å². The summed E-state index contributed by atoms with van der Waals surface area (Å²) >= 11 is 0. The van der Waals surface area contributed by atoms with Gasteiger partial charge in [0.1, 0.15) is 17.6 Å². The molecule has 0 saturated heterocycles. The van der Waals surface area contributed by atoms with Crippen molar-refractivity contribution in [3.63, 3.8) is 0 Å². The summed E-state index contributed by atoms with van der Waals surface area (Å²) in [5.74, 6) is -0.254. The predicted molar refractivity (Wildman–Crippen MR) is 103 cm³/mol. The molecule has 6 nitrogen and oxygen atoms in total. The SMILES string of the molecule is COc1ccc([C@@H](C)NC(=O)[C@H](C)N(c2ccc(F)cc2)S(C)(=O)=O)cc1. The van der Waals surface area contributed by atoms with E-state index in [1.807, 2.05) is 12.1 Å². The van der Waals surface area contributed by atoms with Crippen molar-refractivity contribution in [2.45, 2.75) is 25.9 Å². The Labute approximate surface area is 159 Å². The molecule has 0 aliphatic carbocycles. The highest BCUT2D eigenvalue weighted by Crippen LogP contribution is 2.22. The third kappa shape index (κ3) is 5.19. The topological polar surface area (TPSA) is 75.7 Å². The van der Waals surface area contributed by atoms with E-state index in [0.29, 0.717) is 5.75 Å². The molecule has 146 valence electrons. The average molecular weight is 394 g/mol. The normalized spacial score (nSPS) is 13.5. The fraction of sp³-hybridized carbons (Fsp3) is 0.316. The molecule has 1 amide bonds. The molecule has 1 N–H and O–H groups in total. The molecule has 0 radical (unpaired) electrons. The number of nitrogens with zero attached hydrogens (tertiary/aromatic N) is 1. The molecule has 0 saturated carbocycles. The maximum absolute atomic E-state index is 13.2. The summed E-state index contributed by atoms with van der Waals surface area (Å²) in [5, 5.41) is 2.81. The molecule has 2 rings (SSSR count). The standard InChI is InChI=1S/C19H23FN2O4S/c1-13(15-5-11-18(26-3)12-6-15)21-19(23)14(2)22(27(4,24)25)17-9-7-16(20)8-10-17/h5-14H,1-4H3,(H,21,23)/t13-,14+/m1/s1. The van der Waals surface area contributed by atoms with Gasteiger partial charge in [-0.1, -0.05) is 12.1 Å². The highest BCUT2D eigenvalue weighted by atomic mass is 32.2. The Morgan fingerprint density at radius 1 is 1.07 bits per heavy atom. The molecule has 0 spiro atoms. The summed E-state index contributed by atoms with van der Waals surface area (Å²) in [6.45, 7) is 3.29. The minimum atomic E-state index is -3.75. The first-order valence-electron chi connectivity index (χ1n) is 8.32. The summed E-state index contributed by atoms with van der Waals surface area (Å²) in [6.07, 6.45) is 1.01. The van der Waals surface area contributed by atoms with E-state index in [9.17, 15) is 17.6 Å². The summed E-state index contributed by atoms with van der Waals surface area (Å²) in [7, 11) is -2.18. The Morgan fingerprint density at radius 3 is 2.11 bits per heavy atom. The molecule has 0 heterocycles. The fourth-order valence-electron chi connectivity index (χ4n) is 2.71. The van der Waals surface area contributed by atoms with Crippen LogP contribution >= 0.6 is 0 Å². The molecule has 27 heavy (non-hydrogen) atoms. The first-order valence-corrected chi connectivity index (χ1v) is 10.2. The number of benzene rings is 2. The number of amides is 1. The van der Waals surface area contributed by atoms with Crippen LogP contribution in [0.3, 0.4) is 0 Å². The van der Waals surface area contributed by atoms with Crippen LogP contribution in [-0.4, -0.2) is 33.7 Å². The number of anilines is 1. The first kappa shape index (κ1) is 20.7. The second kappa shape index (κ2) is 8.39. The maximum Gasteiger partial charge on any atom is 0.244 e. The van der Waals surface area contributed by atoms with Gasteiger partial charge >= 0.3 is 0 Å². The van der Waals surface area contributed by atoms with Gasteiger partial charge in [-0.3, -0.25) is 9.10 Å². The lowest BCUT2D eigenvalue weighted by atomic mass is 10.1. The van der Waals surface area contributed by atoms with E-state index in [1.165, 1.54) is 19.1 Å². The van der Waals surface area contributed by atoms with Gasteiger partial charge in [0.25, 0.3) is 0 Å². The van der Waals surface area contributed by atoms with Crippen molar-refractivity contribution in [3.8, 4) is 5.75 Å². The molecule has 0 aliphatic heterocycles. The minimum absolute atomic E-state index is 0.221. The van der Waals surface area contributed by atoms with Crippen molar-refractivity contribution in [2.75, 3.05) is 17.7 Å². The van der Waals surface area contributed by atoms with Gasteiger partial charge in [-0.25, -0.2) is 12.8 Å². The molecular weight excluding hydrogens is 371 g/mol. The van der Waals surface area contributed by atoms with Crippen molar-refractivity contribution in [1.82, 2.24) is 5.32 Å². The van der Waals surface area contributed by atoms with E-state index in [1.54, 1.807) is 26.2 Å². The van der Waals surface area contributed by atoms with E-state index in [-0.39, 0.29) is 11.7 Å². The molecule has 2 atom stereocenters. The van der Waals surface area contributed by atoms with Crippen molar-refractivity contribution in [3.05, 3.63) is 59.9 Å². The van der Waals surface area contributed by atoms with Crippen LogP contribution in [0.2, 0.25) is 0 Å². The molecular formula is C19H23FN2O4S. The monoisotopic (exact) mass is 394 g/mol. The highest BCUT2D eigenvalue weighted by molar-refractivity contribution is 7.92. The van der Waals surface area contributed by atoms with Crippen LogP contribution in [0.4, 0.5) is 10.1 Å². The average Bonchev–Trinajstić information content (AvgIpc) is 2.62. The van der Waals surface area contributed by atoms with Gasteiger partial charge in [0.2, 0.25) is 15.9 Å². The summed E-state index contributed by atoms with van der Waals surface area (Å²) < 4.78 is 43.7. The Morgan fingerprint density at radius 2 is 1.63 bits per heavy atom. The summed E-state index contributed by atoms with van der Waals surface area (Å²) in [5.41, 5.74) is 1.07. The van der Waals surface area contributed by atoms with E-state index in [4.69, 9.17) is 4.74 Å². The molecule has 0 aliphatic rings. The van der Waals surface area contributed by atoms with Crippen LogP contribution in [0.25, 0.3) is 0 Å². The smallest absolute Gasteiger partial charge is 0.244 e. The van der Waals surface area contributed by atoms with Crippen LogP contribution in [-0.2, 0) is 14.8 Å². The summed E-state index contributed by atoms with van der Waals surface area (Å²) in [4.78, 5) is 12.7. The third-order valence-electron chi connectivity index (χ3n) is 4.14. The zero-order valence-electron chi connectivity index (χ0n) is 15.6. The van der Waals surface area contributed by atoms with Gasteiger partial charge in [-0.2, -0.15) is 0 Å². The van der Waals surface area contributed by atoms with Crippen molar-refractivity contribution < 1.29 is 22.3 Å². The molecule has 0 bridgehead atoms. The Kier molecular flexibility index (Phi) is 6.43. The zero-order chi connectivity index (χ0) is 20.2. The van der Waals surface area contributed by atoms with Gasteiger partial charge in [-0.15, -0.1) is 0 Å². The number of hydrogen-bond donors (Lipinski definition) is 1.